The number of quaternary nitrogens is 1. The Bertz CT molecular complexity index is 792. The van der Waals surface area contributed by atoms with Crippen LogP contribution in [0.25, 0.3) is 6.08 Å². The Morgan fingerprint density at radius 1 is 1.26 bits per heavy atom. The van der Waals surface area contributed by atoms with Crippen LogP contribution in [0.4, 0.5) is 0 Å². The van der Waals surface area contributed by atoms with Crippen molar-refractivity contribution in [2.24, 2.45) is 5.92 Å². The molecule has 1 aromatic carbocycles. The molecule has 0 amide bonds. The molecule has 2 fully saturated rings. The molecule has 2 aliphatic heterocycles. The molecule has 6 nitrogen and oxygen atoms in total. The summed E-state index contributed by atoms with van der Waals surface area (Å²) in [5.74, 6) is 1.10. The van der Waals surface area contributed by atoms with Crippen LogP contribution in [0.15, 0.2) is 18.2 Å². The summed E-state index contributed by atoms with van der Waals surface area (Å²) in [4.78, 5) is 0. The molecule has 1 saturated carbocycles. The molecule has 6 heteroatoms. The first-order chi connectivity index (χ1) is 12.9. The molecular weight excluding hydrogens is 346 g/mol. The molecule has 2 heterocycles. The maximum absolute atomic E-state index is 12.5. The number of allylic oxidation sites excluding steroid dienone is 1. The van der Waals surface area contributed by atoms with E-state index in [-0.39, 0.29) is 16.2 Å². The molecule has 0 unspecified atom stereocenters. The fourth-order valence-electron chi connectivity index (χ4n) is 5.59. The second kappa shape index (κ2) is 5.70. The molecular formula is C21H27NO5. The summed E-state index contributed by atoms with van der Waals surface area (Å²) in [6, 6.07) is 4.05. The molecule has 1 saturated heterocycles. The van der Waals surface area contributed by atoms with Crippen LogP contribution < -0.4 is 9.47 Å². The highest BCUT2D eigenvalue weighted by molar-refractivity contribution is 5.70. The Kier molecular flexibility index (Phi) is 3.70. The first kappa shape index (κ1) is 17.5. The Hall–Kier alpha value is -1.60. The van der Waals surface area contributed by atoms with E-state index in [4.69, 9.17) is 18.9 Å². The molecule has 0 N–H and O–H groups in total. The van der Waals surface area contributed by atoms with Gasteiger partial charge in [-0.25, -0.2) is 0 Å². The minimum absolute atomic E-state index is 0.271. The lowest BCUT2D eigenvalue weighted by Crippen LogP contribution is -2.63. The van der Waals surface area contributed by atoms with Crippen LogP contribution in [-0.4, -0.2) is 57.5 Å². The van der Waals surface area contributed by atoms with E-state index in [9.17, 15) is 5.21 Å². The number of methoxy groups -OCH3 is 1. The summed E-state index contributed by atoms with van der Waals surface area (Å²) in [6.45, 7) is 1.68. The number of benzene rings is 1. The van der Waals surface area contributed by atoms with Gasteiger partial charge < -0.3 is 28.8 Å². The van der Waals surface area contributed by atoms with Crippen molar-refractivity contribution in [1.29, 1.82) is 0 Å². The van der Waals surface area contributed by atoms with Crippen LogP contribution in [0.5, 0.6) is 11.5 Å². The van der Waals surface area contributed by atoms with Gasteiger partial charge in [-0.3, -0.25) is 0 Å². The van der Waals surface area contributed by atoms with Gasteiger partial charge in [-0.05, 0) is 24.0 Å². The number of fused-ring (bicyclic) bond motifs is 1. The lowest BCUT2D eigenvalue weighted by atomic mass is 9.55. The third-order valence-corrected chi connectivity index (χ3v) is 6.76. The quantitative estimate of drug-likeness (QED) is 0.600. The molecule has 0 bridgehead atoms. The topological polar surface area (TPSA) is 60.0 Å². The second-order valence-electron chi connectivity index (χ2n) is 8.66. The number of nitrogens with zero attached hydrogens (tertiary/aromatic N) is 1. The second-order valence-corrected chi connectivity index (χ2v) is 8.66. The predicted octanol–water partition coefficient (Wildman–Crippen LogP) is 2.84. The SMILES string of the molecule is COc1ccc2c3c1O[C@H]1C4(CC[C@@H](C=C2)[C@@]31CC[N+](C)(C)[O-])OCCO4. The van der Waals surface area contributed by atoms with Crippen molar-refractivity contribution < 1.29 is 23.6 Å². The van der Waals surface area contributed by atoms with E-state index in [1.807, 2.05) is 6.07 Å². The van der Waals surface area contributed by atoms with Crippen molar-refractivity contribution in [2.75, 3.05) is 41.0 Å². The van der Waals surface area contributed by atoms with Gasteiger partial charge in [0.1, 0.15) is 0 Å². The summed E-state index contributed by atoms with van der Waals surface area (Å²) < 4.78 is 24.3. The molecule has 27 heavy (non-hydrogen) atoms. The highest BCUT2D eigenvalue weighted by Gasteiger charge is 2.68. The van der Waals surface area contributed by atoms with E-state index in [1.54, 1.807) is 21.2 Å². The number of ether oxygens (including phenoxy) is 4. The first-order valence-electron chi connectivity index (χ1n) is 9.78. The fourth-order valence-corrected chi connectivity index (χ4v) is 5.59. The van der Waals surface area contributed by atoms with Gasteiger partial charge in [-0.15, -0.1) is 0 Å². The summed E-state index contributed by atoms with van der Waals surface area (Å²) in [7, 11) is 5.07. The van der Waals surface area contributed by atoms with Gasteiger partial charge in [-0.1, -0.05) is 18.2 Å². The molecule has 1 spiro atoms. The number of hydrogen-bond acceptors (Lipinski definition) is 5. The zero-order chi connectivity index (χ0) is 18.9. The third kappa shape index (κ3) is 2.34. The number of hydroxylamine groups is 3. The van der Waals surface area contributed by atoms with Crippen LogP contribution in [0.2, 0.25) is 0 Å². The van der Waals surface area contributed by atoms with Gasteiger partial charge >= 0.3 is 0 Å². The van der Waals surface area contributed by atoms with Crippen molar-refractivity contribution in [1.82, 2.24) is 0 Å². The van der Waals surface area contributed by atoms with Crippen molar-refractivity contribution in [3.05, 3.63) is 34.5 Å². The summed E-state index contributed by atoms with van der Waals surface area (Å²) in [6.07, 6.45) is 6.71. The summed E-state index contributed by atoms with van der Waals surface area (Å²) >= 11 is 0. The van der Waals surface area contributed by atoms with Gasteiger partial charge in [-0.2, -0.15) is 0 Å². The normalized spacial score (nSPS) is 32.4. The van der Waals surface area contributed by atoms with Crippen LogP contribution in [0.1, 0.15) is 30.4 Å². The average molecular weight is 373 g/mol. The molecule has 4 aliphatic rings. The Labute approximate surface area is 159 Å². The Morgan fingerprint density at radius 3 is 2.74 bits per heavy atom. The standard InChI is InChI=1S/C21H27NO5/c1-22(2,23)11-10-20-15-6-4-14-5-7-16(24-3)18(17(14)20)27-19(20)21(9-8-15)25-12-13-26-21/h4-7,15,19H,8-13H2,1-3H3/t15-,19-,20+/m1/s1. The van der Waals surface area contributed by atoms with Gasteiger partial charge in [0.2, 0.25) is 5.79 Å². The van der Waals surface area contributed by atoms with Crippen LogP contribution in [0, 0.1) is 11.1 Å². The first-order valence-corrected chi connectivity index (χ1v) is 9.78. The number of rotatable bonds is 4. The largest absolute Gasteiger partial charge is 0.633 e. The van der Waals surface area contributed by atoms with E-state index in [0.29, 0.717) is 25.7 Å². The van der Waals surface area contributed by atoms with Gasteiger partial charge in [0, 0.05) is 18.4 Å². The van der Waals surface area contributed by atoms with Crippen LogP contribution in [0.3, 0.4) is 0 Å². The smallest absolute Gasteiger partial charge is 0.206 e. The zero-order valence-electron chi connectivity index (χ0n) is 16.2. The minimum atomic E-state index is -0.733. The van der Waals surface area contributed by atoms with E-state index in [1.165, 1.54) is 5.56 Å². The lowest BCUT2D eigenvalue weighted by Gasteiger charge is -2.52. The maximum Gasteiger partial charge on any atom is 0.206 e. The maximum atomic E-state index is 12.5. The van der Waals surface area contributed by atoms with Crippen molar-refractivity contribution >= 4 is 6.08 Å². The highest BCUT2D eigenvalue weighted by Crippen LogP contribution is 2.64. The van der Waals surface area contributed by atoms with E-state index in [2.05, 4.69) is 18.2 Å². The van der Waals surface area contributed by atoms with E-state index < -0.39 is 5.79 Å². The van der Waals surface area contributed by atoms with E-state index >= 15 is 0 Å². The van der Waals surface area contributed by atoms with Gasteiger partial charge in [0.15, 0.2) is 17.6 Å². The van der Waals surface area contributed by atoms with Gasteiger partial charge in [0.05, 0.1) is 46.4 Å². The molecule has 0 radical (unpaired) electrons. The van der Waals surface area contributed by atoms with E-state index in [0.717, 1.165) is 36.3 Å². The van der Waals surface area contributed by atoms with Crippen molar-refractivity contribution in [3.63, 3.8) is 0 Å². The minimum Gasteiger partial charge on any atom is -0.633 e. The molecule has 1 aromatic rings. The average Bonchev–Trinajstić information content (AvgIpc) is 3.24. The third-order valence-electron chi connectivity index (χ3n) is 6.76. The van der Waals surface area contributed by atoms with Gasteiger partial charge in [0.25, 0.3) is 0 Å². The predicted molar refractivity (Wildman–Crippen MR) is 100 cm³/mol. The van der Waals surface area contributed by atoms with Crippen molar-refractivity contribution in [3.8, 4) is 11.5 Å². The highest BCUT2D eigenvalue weighted by atomic mass is 16.8. The number of hydrogen-bond donors (Lipinski definition) is 0. The summed E-state index contributed by atoms with van der Waals surface area (Å²) in [5, 5.41) is 12.5. The fraction of sp³-hybridized carbons (Fsp3) is 0.619. The molecule has 0 aromatic heterocycles. The molecule has 146 valence electrons. The van der Waals surface area contributed by atoms with Crippen LogP contribution >= 0.6 is 0 Å². The molecule has 2 aliphatic carbocycles. The summed E-state index contributed by atoms with van der Waals surface area (Å²) in [5.41, 5.74) is 2.00. The van der Waals surface area contributed by atoms with Crippen LogP contribution in [-0.2, 0) is 14.9 Å². The Balaban J connectivity index is 1.71. The Morgan fingerprint density at radius 2 is 2.04 bits per heavy atom. The zero-order valence-corrected chi connectivity index (χ0v) is 16.2. The molecule has 5 rings (SSSR count). The lowest BCUT2D eigenvalue weighted by molar-refractivity contribution is -0.840. The van der Waals surface area contributed by atoms with Crippen molar-refractivity contribution in [2.45, 2.75) is 36.6 Å². The molecule has 3 atom stereocenters. The monoisotopic (exact) mass is 373 g/mol.